The molecule has 0 saturated carbocycles. The van der Waals surface area contributed by atoms with Gasteiger partial charge in [-0.15, -0.1) is 0 Å². The van der Waals surface area contributed by atoms with Crippen LogP contribution in [0.5, 0.6) is 0 Å². The van der Waals surface area contributed by atoms with Gasteiger partial charge in [-0.05, 0) is 56.9 Å². The summed E-state index contributed by atoms with van der Waals surface area (Å²) >= 11 is 0. The van der Waals surface area contributed by atoms with E-state index in [2.05, 4.69) is 0 Å². The van der Waals surface area contributed by atoms with Crippen LogP contribution in [0.25, 0.3) is 0 Å². The number of benzene rings is 2. The third kappa shape index (κ3) is 3.93. The smallest absolute Gasteiger partial charge is 0.207 e. The van der Waals surface area contributed by atoms with Crippen LogP contribution >= 0.6 is 0 Å². The van der Waals surface area contributed by atoms with Crippen LogP contribution in [0, 0.1) is 33.6 Å². The highest BCUT2D eigenvalue weighted by atomic mass is 32.2. The Hall–Kier alpha value is -1.74. The Balaban J connectivity index is 2.07. The first-order valence-corrected chi connectivity index (χ1v) is 12.9. The van der Waals surface area contributed by atoms with E-state index < -0.39 is 26.2 Å². The topological polar surface area (TPSA) is 74.8 Å². The van der Waals surface area contributed by atoms with E-state index in [-0.39, 0.29) is 28.8 Å². The maximum atomic E-state index is 13.7. The summed E-state index contributed by atoms with van der Waals surface area (Å²) in [5.74, 6) is -0.214. The van der Waals surface area contributed by atoms with Gasteiger partial charge in [0.1, 0.15) is 0 Å². The summed E-state index contributed by atoms with van der Waals surface area (Å²) in [5, 5.41) is 0. The zero-order valence-electron chi connectivity index (χ0n) is 18.4. The molecule has 0 unspecified atom stereocenters. The molecule has 1 aliphatic rings. The molecule has 0 aromatic heterocycles. The van der Waals surface area contributed by atoms with Crippen molar-refractivity contribution in [3.63, 3.8) is 0 Å². The zero-order valence-corrected chi connectivity index (χ0v) is 20.0. The maximum Gasteiger partial charge on any atom is 0.245 e. The Bertz CT molecular complexity index is 1130. The fourth-order valence-electron chi connectivity index (χ4n) is 4.33. The molecule has 1 fully saturated rings. The Labute approximate surface area is 180 Å². The zero-order chi connectivity index (χ0) is 22.4. The van der Waals surface area contributed by atoms with E-state index in [1.165, 1.54) is 8.61 Å². The second kappa shape index (κ2) is 8.07. The van der Waals surface area contributed by atoms with E-state index in [1.54, 1.807) is 38.1 Å². The SMILES string of the molecule is Cc1ccc(S(=O)(=O)N2CCN(S(=O)(=O)c3c(C)cc(C)cc3C)[C@H]2C(C)C)cc1. The van der Waals surface area contributed by atoms with Gasteiger partial charge >= 0.3 is 0 Å². The van der Waals surface area contributed by atoms with Gasteiger partial charge in [0.15, 0.2) is 0 Å². The highest BCUT2D eigenvalue weighted by Crippen LogP contribution is 2.35. The van der Waals surface area contributed by atoms with Gasteiger partial charge < -0.3 is 0 Å². The monoisotopic (exact) mass is 450 g/mol. The number of hydrogen-bond donors (Lipinski definition) is 0. The molecule has 0 spiro atoms. The van der Waals surface area contributed by atoms with Gasteiger partial charge in [0.2, 0.25) is 20.0 Å². The lowest BCUT2D eigenvalue weighted by Crippen LogP contribution is -2.47. The van der Waals surface area contributed by atoms with Crippen LogP contribution in [0.1, 0.15) is 36.1 Å². The second-order valence-corrected chi connectivity index (χ2v) is 12.1. The quantitative estimate of drug-likeness (QED) is 0.698. The van der Waals surface area contributed by atoms with Gasteiger partial charge in [-0.2, -0.15) is 8.61 Å². The van der Waals surface area contributed by atoms with Gasteiger partial charge in [-0.3, -0.25) is 0 Å². The van der Waals surface area contributed by atoms with Crippen molar-refractivity contribution in [2.75, 3.05) is 13.1 Å². The Morgan fingerprint density at radius 3 is 1.70 bits per heavy atom. The van der Waals surface area contributed by atoms with Gasteiger partial charge in [-0.25, -0.2) is 16.8 Å². The maximum absolute atomic E-state index is 13.7. The van der Waals surface area contributed by atoms with Crippen molar-refractivity contribution in [3.8, 4) is 0 Å². The molecule has 0 N–H and O–H groups in total. The molecule has 30 heavy (non-hydrogen) atoms. The van der Waals surface area contributed by atoms with E-state index in [0.29, 0.717) is 11.1 Å². The van der Waals surface area contributed by atoms with Crippen LogP contribution in [0.15, 0.2) is 46.2 Å². The summed E-state index contributed by atoms with van der Waals surface area (Å²) < 4.78 is 56.7. The minimum absolute atomic E-state index is 0.127. The summed E-state index contributed by atoms with van der Waals surface area (Å²) in [5.41, 5.74) is 3.31. The fourth-order valence-corrected chi connectivity index (χ4v) is 8.24. The van der Waals surface area contributed by atoms with Crippen molar-refractivity contribution < 1.29 is 16.8 Å². The Morgan fingerprint density at radius 1 is 0.767 bits per heavy atom. The summed E-state index contributed by atoms with van der Waals surface area (Å²) in [4.78, 5) is 0.453. The molecule has 1 saturated heterocycles. The van der Waals surface area contributed by atoms with Crippen LogP contribution < -0.4 is 0 Å². The number of aryl methyl sites for hydroxylation is 4. The molecule has 8 heteroatoms. The van der Waals surface area contributed by atoms with E-state index in [4.69, 9.17) is 0 Å². The molecule has 2 aromatic rings. The van der Waals surface area contributed by atoms with E-state index in [9.17, 15) is 16.8 Å². The summed E-state index contributed by atoms with van der Waals surface area (Å²) in [7, 11) is -7.69. The van der Waals surface area contributed by atoms with Crippen LogP contribution in [0.2, 0.25) is 0 Å². The average molecular weight is 451 g/mol. The molecule has 3 rings (SSSR count). The van der Waals surface area contributed by atoms with Gasteiger partial charge in [0.25, 0.3) is 0 Å². The van der Waals surface area contributed by atoms with Crippen molar-refractivity contribution in [1.82, 2.24) is 8.61 Å². The lowest BCUT2D eigenvalue weighted by molar-refractivity contribution is 0.219. The van der Waals surface area contributed by atoms with Crippen LogP contribution in [0.4, 0.5) is 0 Å². The van der Waals surface area contributed by atoms with Crippen molar-refractivity contribution >= 4 is 20.0 Å². The lowest BCUT2D eigenvalue weighted by atomic mass is 10.1. The Kier molecular flexibility index (Phi) is 6.17. The summed E-state index contributed by atoms with van der Waals surface area (Å²) in [6.07, 6.45) is -0.776. The molecule has 0 aliphatic carbocycles. The number of sulfonamides is 2. The van der Waals surface area contributed by atoms with E-state index >= 15 is 0 Å². The molecule has 1 aliphatic heterocycles. The van der Waals surface area contributed by atoms with E-state index in [0.717, 1.165) is 11.1 Å². The molecule has 164 valence electrons. The standard InChI is InChI=1S/C22H30N2O4S2/c1-15(2)22-23(29(25,26)20-9-7-16(3)8-10-20)11-12-24(22)30(27,28)21-18(5)13-17(4)14-19(21)6/h7-10,13-15,22H,11-12H2,1-6H3/t22-/m0/s1. The van der Waals surface area contributed by atoms with Crippen molar-refractivity contribution in [1.29, 1.82) is 0 Å². The molecular weight excluding hydrogens is 420 g/mol. The van der Waals surface area contributed by atoms with Gasteiger partial charge in [0.05, 0.1) is 16.0 Å². The predicted molar refractivity (Wildman–Crippen MR) is 118 cm³/mol. The molecule has 2 aromatic carbocycles. The second-order valence-electron chi connectivity index (χ2n) is 8.43. The first-order valence-electron chi connectivity index (χ1n) is 10.1. The highest BCUT2D eigenvalue weighted by molar-refractivity contribution is 7.90. The summed E-state index contributed by atoms with van der Waals surface area (Å²) in [6.45, 7) is 11.4. The van der Waals surface area contributed by atoms with Crippen LogP contribution in [0.3, 0.4) is 0 Å². The molecular formula is C22H30N2O4S2. The number of rotatable bonds is 5. The Morgan fingerprint density at radius 2 is 1.23 bits per heavy atom. The molecule has 0 radical (unpaired) electrons. The number of nitrogens with zero attached hydrogens (tertiary/aromatic N) is 2. The van der Waals surface area contributed by atoms with Gasteiger partial charge in [0, 0.05) is 13.1 Å². The molecule has 1 atom stereocenters. The highest BCUT2D eigenvalue weighted by Gasteiger charge is 2.47. The van der Waals surface area contributed by atoms with Crippen LogP contribution in [-0.2, 0) is 20.0 Å². The third-order valence-corrected chi connectivity index (χ3v) is 9.59. The van der Waals surface area contributed by atoms with Gasteiger partial charge in [-0.1, -0.05) is 49.2 Å². The summed E-state index contributed by atoms with van der Waals surface area (Å²) in [6, 6.07) is 10.4. The largest absolute Gasteiger partial charge is 0.245 e. The van der Waals surface area contributed by atoms with E-state index in [1.807, 2.05) is 39.8 Å². The third-order valence-electron chi connectivity index (χ3n) is 5.53. The molecule has 1 heterocycles. The average Bonchev–Trinajstić information content (AvgIpc) is 3.08. The van der Waals surface area contributed by atoms with Crippen molar-refractivity contribution in [2.24, 2.45) is 5.92 Å². The van der Waals surface area contributed by atoms with Crippen LogP contribution in [-0.4, -0.2) is 44.7 Å². The molecule has 0 amide bonds. The minimum Gasteiger partial charge on any atom is -0.207 e. The number of hydrogen-bond acceptors (Lipinski definition) is 4. The molecule has 6 nitrogen and oxygen atoms in total. The first kappa shape index (κ1) is 22.9. The fraction of sp³-hybridized carbons (Fsp3) is 0.455. The lowest BCUT2D eigenvalue weighted by Gasteiger charge is -2.32. The first-order chi connectivity index (χ1) is 13.9. The minimum atomic E-state index is -3.87. The van der Waals surface area contributed by atoms with Crippen molar-refractivity contribution in [3.05, 3.63) is 58.7 Å². The predicted octanol–water partition coefficient (Wildman–Crippen LogP) is 3.60. The molecule has 0 bridgehead atoms. The normalized spacial score (nSPS) is 19.0. The van der Waals surface area contributed by atoms with Crippen molar-refractivity contribution in [2.45, 2.75) is 57.5 Å².